The van der Waals surface area contributed by atoms with Gasteiger partial charge in [0.15, 0.2) is 11.5 Å². The average molecular weight is 526 g/mol. The van der Waals surface area contributed by atoms with Gasteiger partial charge in [-0.3, -0.25) is 4.79 Å². The molecule has 196 valence electrons. The van der Waals surface area contributed by atoms with Gasteiger partial charge in [0.25, 0.3) is 5.91 Å². The minimum atomic E-state index is -0.472. The molecule has 0 aliphatic rings. The zero-order valence-corrected chi connectivity index (χ0v) is 22.1. The highest BCUT2D eigenvalue weighted by Gasteiger charge is 2.14. The summed E-state index contributed by atoms with van der Waals surface area (Å²) in [5, 5.41) is 16.9. The number of nitrogens with zero attached hydrogens (tertiary/aromatic N) is 1. The van der Waals surface area contributed by atoms with Gasteiger partial charge < -0.3 is 24.6 Å². The maximum Gasteiger partial charge on any atom is 0.271 e. The van der Waals surface area contributed by atoms with Crippen molar-refractivity contribution in [1.82, 2.24) is 10.7 Å². The Kier molecular flexibility index (Phi) is 10.2. The normalized spacial score (nSPS) is 11.1. The molecule has 0 atom stereocenters. The maximum atomic E-state index is 12.3. The molecule has 0 aromatic heterocycles. The lowest BCUT2D eigenvalue weighted by Crippen LogP contribution is -2.21. The molecule has 0 unspecified atom stereocenters. The summed E-state index contributed by atoms with van der Waals surface area (Å²) in [7, 11) is 3.08. The van der Waals surface area contributed by atoms with Crippen LogP contribution < -0.4 is 25.0 Å². The Morgan fingerprint density at radius 2 is 1.73 bits per heavy atom. The van der Waals surface area contributed by atoms with Crippen LogP contribution in [0.15, 0.2) is 59.7 Å². The number of hydrazone groups is 1. The molecule has 0 heterocycles. The van der Waals surface area contributed by atoms with Crippen molar-refractivity contribution in [3.8, 4) is 23.0 Å². The first kappa shape index (κ1) is 27.8. The number of hydrogen-bond donors (Lipinski definition) is 3. The number of carbonyl (C=O) groups is 1. The Hall–Kier alpha value is -3.75. The fraction of sp³-hybridized carbons (Fsp3) is 0.286. The quantitative estimate of drug-likeness (QED) is 0.172. The van der Waals surface area contributed by atoms with Crippen molar-refractivity contribution < 1.29 is 24.1 Å². The van der Waals surface area contributed by atoms with Crippen LogP contribution in [0, 0.1) is 0 Å². The zero-order valence-electron chi connectivity index (χ0n) is 21.4. The van der Waals surface area contributed by atoms with Crippen LogP contribution in [-0.4, -0.2) is 44.6 Å². The first-order valence-corrected chi connectivity index (χ1v) is 12.2. The zero-order chi connectivity index (χ0) is 26.8. The van der Waals surface area contributed by atoms with Gasteiger partial charge in [0, 0.05) is 24.2 Å². The van der Waals surface area contributed by atoms with Gasteiger partial charge in [-0.2, -0.15) is 5.10 Å². The van der Waals surface area contributed by atoms with E-state index in [4.69, 9.17) is 25.8 Å². The van der Waals surface area contributed by atoms with E-state index in [0.717, 1.165) is 6.54 Å². The molecule has 0 radical (unpaired) electrons. The van der Waals surface area contributed by atoms with Crippen LogP contribution in [0.3, 0.4) is 0 Å². The smallest absolute Gasteiger partial charge is 0.271 e. The highest BCUT2D eigenvalue weighted by molar-refractivity contribution is 6.32. The first-order valence-electron chi connectivity index (χ1n) is 11.8. The number of halogens is 1. The average Bonchev–Trinajstić information content (AvgIpc) is 2.90. The van der Waals surface area contributed by atoms with E-state index in [2.05, 4.69) is 54.0 Å². The Balaban J connectivity index is 1.56. The summed E-state index contributed by atoms with van der Waals surface area (Å²) in [4.78, 5) is 12.3. The molecular formula is C28H32ClN3O5. The van der Waals surface area contributed by atoms with E-state index in [-0.39, 0.29) is 16.3 Å². The number of carbonyl (C=O) groups excluding carboxylic acids is 1. The molecule has 3 rings (SSSR count). The topological polar surface area (TPSA) is 101 Å². The van der Waals surface area contributed by atoms with Crippen molar-refractivity contribution in [2.45, 2.75) is 26.3 Å². The molecule has 0 fully saturated rings. The Morgan fingerprint density at radius 1 is 1.05 bits per heavy atom. The van der Waals surface area contributed by atoms with Gasteiger partial charge in [0.05, 0.1) is 25.5 Å². The lowest BCUT2D eigenvalue weighted by atomic mass is 10.0. The SMILES string of the molecule is COc1cc(/C=N/NC(=O)c2ccc(O)c(Cl)c2)cc(OC)c1OCCNCc1ccc(C(C)C)cc1. The van der Waals surface area contributed by atoms with Crippen LogP contribution in [0.4, 0.5) is 0 Å². The number of benzene rings is 3. The summed E-state index contributed by atoms with van der Waals surface area (Å²) in [5.41, 5.74) is 5.85. The van der Waals surface area contributed by atoms with Gasteiger partial charge in [-0.1, -0.05) is 49.7 Å². The molecule has 0 saturated heterocycles. The first-order chi connectivity index (χ1) is 17.8. The molecular weight excluding hydrogens is 494 g/mol. The van der Waals surface area contributed by atoms with Gasteiger partial charge in [0.1, 0.15) is 12.4 Å². The number of phenols is 1. The highest BCUT2D eigenvalue weighted by Crippen LogP contribution is 2.38. The summed E-state index contributed by atoms with van der Waals surface area (Å²) in [6.45, 7) is 6.15. The van der Waals surface area contributed by atoms with Crippen molar-refractivity contribution in [2.75, 3.05) is 27.4 Å². The third-order valence-corrected chi connectivity index (χ3v) is 5.88. The second-order valence-corrected chi connectivity index (χ2v) is 8.95. The standard InChI is InChI=1S/C28H32ClN3O5/c1-18(2)21-7-5-19(6-8-21)16-30-11-12-37-27-25(35-3)13-20(14-26(27)36-4)17-31-32-28(34)22-9-10-24(33)23(29)15-22/h5-10,13-15,17-18,30,33H,11-12,16H2,1-4H3,(H,32,34)/b31-17+. The van der Waals surface area contributed by atoms with Crippen LogP contribution in [0.2, 0.25) is 5.02 Å². The Labute approximate surface area is 222 Å². The summed E-state index contributed by atoms with van der Waals surface area (Å²) in [6, 6.07) is 16.2. The molecule has 3 aromatic rings. The van der Waals surface area contributed by atoms with Gasteiger partial charge >= 0.3 is 0 Å². The van der Waals surface area contributed by atoms with Crippen molar-refractivity contribution in [1.29, 1.82) is 0 Å². The minimum absolute atomic E-state index is 0.0807. The van der Waals surface area contributed by atoms with E-state index in [1.807, 2.05) is 0 Å². The van der Waals surface area contributed by atoms with Gasteiger partial charge in [-0.05, 0) is 47.4 Å². The monoisotopic (exact) mass is 525 g/mol. The van der Waals surface area contributed by atoms with E-state index in [1.165, 1.54) is 49.8 Å². The summed E-state index contributed by atoms with van der Waals surface area (Å²) < 4.78 is 16.9. The molecule has 8 nitrogen and oxygen atoms in total. The molecule has 1 amide bonds. The third kappa shape index (κ3) is 7.87. The summed E-state index contributed by atoms with van der Waals surface area (Å²) in [6.07, 6.45) is 1.46. The lowest BCUT2D eigenvalue weighted by Gasteiger charge is -2.15. The van der Waals surface area contributed by atoms with Crippen molar-refractivity contribution in [3.63, 3.8) is 0 Å². The summed E-state index contributed by atoms with van der Waals surface area (Å²) >= 11 is 5.85. The second-order valence-electron chi connectivity index (χ2n) is 8.54. The number of nitrogens with one attached hydrogen (secondary N) is 2. The second kappa shape index (κ2) is 13.5. The predicted octanol–water partition coefficient (Wildman–Crippen LogP) is 5.12. The van der Waals surface area contributed by atoms with E-state index in [1.54, 1.807) is 12.1 Å². The number of hydrogen-bond acceptors (Lipinski definition) is 7. The fourth-order valence-corrected chi connectivity index (χ4v) is 3.65. The largest absolute Gasteiger partial charge is 0.506 e. The molecule has 0 bridgehead atoms. The van der Waals surface area contributed by atoms with Crippen LogP contribution in [0.25, 0.3) is 0 Å². The van der Waals surface area contributed by atoms with Crippen LogP contribution in [0.1, 0.15) is 46.8 Å². The molecule has 3 N–H and O–H groups in total. The number of ether oxygens (including phenoxy) is 3. The molecule has 9 heteroatoms. The van der Waals surface area contributed by atoms with E-state index >= 15 is 0 Å². The van der Waals surface area contributed by atoms with Crippen LogP contribution >= 0.6 is 11.6 Å². The molecule has 0 spiro atoms. The van der Waals surface area contributed by atoms with Gasteiger partial charge in [-0.25, -0.2) is 5.43 Å². The van der Waals surface area contributed by atoms with Crippen molar-refractivity contribution >= 4 is 23.7 Å². The van der Waals surface area contributed by atoms with Crippen LogP contribution in [0.5, 0.6) is 23.0 Å². The molecule has 0 aliphatic carbocycles. The van der Waals surface area contributed by atoms with Gasteiger partial charge in [0.2, 0.25) is 5.75 Å². The number of phenolic OH excluding ortho intramolecular Hbond substituents is 1. The minimum Gasteiger partial charge on any atom is -0.506 e. The number of amides is 1. The van der Waals surface area contributed by atoms with E-state index in [9.17, 15) is 9.90 Å². The molecule has 3 aromatic carbocycles. The van der Waals surface area contributed by atoms with Crippen molar-refractivity contribution in [3.05, 3.63) is 81.9 Å². The lowest BCUT2D eigenvalue weighted by molar-refractivity contribution is 0.0955. The number of aromatic hydroxyl groups is 1. The Bertz CT molecular complexity index is 1200. The van der Waals surface area contributed by atoms with Crippen molar-refractivity contribution in [2.24, 2.45) is 5.10 Å². The molecule has 0 saturated carbocycles. The van der Waals surface area contributed by atoms with E-state index in [0.29, 0.717) is 41.9 Å². The predicted molar refractivity (Wildman–Crippen MR) is 145 cm³/mol. The number of rotatable bonds is 12. The molecule has 0 aliphatic heterocycles. The van der Waals surface area contributed by atoms with Gasteiger partial charge in [-0.15, -0.1) is 0 Å². The molecule has 37 heavy (non-hydrogen) atoms. The fourth-order valence-electron chi connectivity index (χ4n) is 3.47. The van der Waals surface area contributed by atoms with Crippen LogP contribution in [-0.2, 0) is 6.54 Å². The highest BCUT2D eigenvalue weighted by atomic mass is 35.5. The maximum absolute atomic E-state index is 12.3. The summed E-state index contributed by atoms with van der Waals surface area (Å²) in [5.74, 6) is 1.37. The number of methoxy groups -OCH3 is 2. The third-order valence-electron chi connectivity index (χ3n) is 5.57. The van der Waals surface area contributed by atoms with E-state index < -0.39 is 5.91 Å². The Morgan fingerprint density at radius 3 is 2.32 bits per heavy atom.